The largest absolute Gasteiger partial charge is 0.393 e. The summed E-state index contributed by atoms with van der Waals surface area (Å²) in [5.41, 5.74) is 0. The summed E-state index contributed by atoms with van der Waals surface area (Å²) in [6, 6.07) is 0. The lowest BCUT2D eigenvalue weighted by Gasteiger charge is -2.06. The molecule has 0 saturated heterocycles. The minimum Gasteiger partial charge on any atom is -0.393 e. The molecule has 1 fully saturated rings. The van der Waals surface area contributed by atoms with Crippen LogP contribution in [0.2, 0.25) is 0 Å². The summed E-state index contributed by atoms with van der Waals surface area (Å²) in [6.07, 6.45) is 13.0. The van der Waals surface area contributed by atoms with Crippen LogP contribution in [-0.2, 0) is 0 Å². The molecule has 3 atom stereocenters. The number of allylic oxidation sites excluding steroid dienone is 3. The van der Waals surface area contributed by atoms with Gasteiger partial charge in [-0.15, -0.1) is 0 Å². The van der Waals surface area contributed by atoms with Crippen molar-refractivity contribution in [3.05, 3.63) is 24.3 Å². The first-order valence-corrected chi connectivity index (χ1v) is 4.86. The van der Waals surface area contributed by atoms with Crippen molar-refractivity contribution in [1.82, 2.24) is 0 Å². The Morgan fingerprint density at radius 3 is 2.58 bits per heavy atom. The summed E-state index contributed by atoms with van der Waals surface area (Å²) < 4.78 is 0. The van der Waals surface area contributed by atoms with Crippen molar-refractivity contribution >= 4 is 0 Å². The molecule has 0 amide bonds. The Balaban J connectivity index is 1.96. The van der Waals surface area contributed by atoms with Gasteiger partial charge in [0.05, 0.1) is 6.10 Å². The highest BCUT2D eigenvalue weighted by Crippen LogP contribution is 2.45. The van der Waals surface area contributed by atoms with Crippen molar-refractivity contribution in [2.24, 2.45) is 11.8 Å². The van der Waals surface area contributed by atoms with Gasteiger partial charge in [-0.25, -0.2) is 0 Å². The van der Waals surface area contributed by atoms with E-state index in [1.807, 2.05) is 0 Å². The topological polar surface area (TPSA) is 20.2 Å². The van der Waals surface area contributed by atoms with Gasteiger partial charge in [-0.05, 0) is 37.5 Å². The van der Waals surface area contributed by atoms with Crippen LogP contribution < -0.4 is 0 Å². The minimum atomic E-state index is -0.0715. The van der Waals surface area contributed by atoms with Gasteiger partial charge in [0, 0.05) is 0 Å². The van der Waals surface area contributed by atoms with E-state index in [0.29, 0.717) is 5.92 Å². The third-order valence-corrected chi connectivity index (χ3v) is 2.89. The van der Waals surface area contributed by atoms with Gasteiger partial charge >= 0.3 is 0 Å². The van der Waals surface area contributed by atoms with Crippen LogP contribution in [0.5, 0.6) is 0 Å². The van der Waals surface area contributed by atoms with Crippen molar-refractivity contribution in [2.75, 3.05) is 0 Å². The smallest absolute Gasteiger partial charge is 0.0605 e. The number of rotatable bonds is 0. The maximum absolute atomic E-state index is 9.67. The van der Waals surface area contributed by atoms with Gasteiger partial charge in [0.15, 0.2) is 0 Å². The zero-order valence-electron chi connectivity index (χ0n) is 7.32. The molecule has 0 aromatic heterocycles. The zero-order chi connectivity index (χ0) is 8.39. The molecule has 0 heterocycles. The Morgan fingerprint density at radius 2 is 1.75 bits per heavy atom. The van der Waals surface area contributed by atoms with E-state index >= 15 is 0 Å². The highest BCUT2D eigenvalue weighted by Gasteiger charge is 2.40. The van der Waals surface area contributed by atoms with Crippen LogP contribution in [0.4, 0.5) is 0 Å². The van der Waals surface area contributed by atoms with Gasteiger partial charge in [0.2, 0.25) is 0 Å². The van der Waals surface area contributed by atoms with Crippen LogP contribution in [0.15, 0.2) is 24.3 Å². The fourth-order valence-electron chi connectivity index (χ4n) is 1.97. The van der Waals surface area contributed by atoms with Gasteiger partial charge in [0.1, 0.15) is 0 Å². The van der Waals surface area contributed by atoms with Gasteiger partial charge in [-0.3, -0.25) is 0 Å². The average Bonchev–Trinajstić information content (AvgIpc) is 2.82. The molecule has 1 saturated carbocycles. The number of aliphatic hydroxyl groups excluding tert-OH is 1. The lowest BCUT2D eigenvalue weighted by Crippen LogP contribution is -2.09. The summed E-state index contributed by atoms with van der Waals surface area (Å²) in [7, 11) is 0. The van der Waals surface area contributed by atoms with Gasteiger partial charge < -0.3 is 5.11 Å². The Morgan fingerprint density at radius 1 is 1.00 bits per heavy atom. The zero-order valence-corrected chi connectivity index (χ0v) is 7.32. The average molecular weight is 164 g/mol. The third kappa shape index (κ3) is 1.78. The Labute approximate surface area is 73.8 Å². The molecule has 0 spiro atoms. The molecule has 0 bridgehead atoms. The molecule has 1 nitrogen and oxygen atoms in total. The molecule has 1 N–H and O–H groups in total. The molecule has 0 radical (unpaired) electrons. The third-order valence-electron chi connectivity index (χ3n) is 2.89. The molecular formula is C11H16O. The predicted molar refractivity (Wildman–Crippen MR) is 49.7 cm³/mol. The molecule has 2 aliphatic carbocycles. The number of hydrogen-bond acceptors (Lipinski definition) is 1. The second-order valence-corrected chi connectivity index (χ2v) is 3.88. The highest BCUT2D eigenvalue weighted by molar-refractivity contribution is 5.03. The monoisotopic (exact) mass is 164 g/mol. The second-order valence-electron chi connectivity index (χ2n) is 3.88. The fraction of sp³-hybridized carbons (Fsp3) is 0.636. The summed E-state index contributed by atoms with van der Waals surface area (Å²) in [4.78, 5) is 0. The van der Waals surface area contributed by atoms with E-state index in [1.165, 1.54) is 12.8 Å². The first-order chi connectivity index (χ1) is 5.88. The first-order valence-electron chi connectivity index (χ1n) is 4.86. The van der Waals surface area contributed by atoms with Crippen molar-refractivity contribution < 1.29 is 5.11 Å². The highest BCUT2D eigenvalue weighted by atomic mass is 16.3. The van der Waals surface area contributed by atoms with Crippen LogP contribution in [0.25, 0.3) is 0 Å². The van der Waals surface area contributed by atoms with Gasteiger partial charge in [-0.1, -0.05) is 24.3 Å². The maximum atomic E-state index is 9.67. The number of aliphatic hydroxyl groups is 1. The second kappa shape index (κ2) is 3.44. The quantitative estimate of drug-likeness (QED) is 0.544. The fourth-order valence-corrected chi connectivity index (χ4v) is 1.97. The van der Waals surface area contributed by atoms with Gasteiger partial charge in [-0.2, -0.15) is 0 Å². The van der Waals surface area contributed by atoms with Crippen molar-refractivity contribution in [2.45, 2.75) is 31.8 Å². The molecule has 0 aliphatic heterocycles. The molecular weight excluding hydrogens is 148 g/mol. The predicted octanol–water partition coefficient (Wildman–Crippen LogP) is 2.28. The SMILES string of the molecule is OC1C/C=C\C/C=C/CC2CC12. The van der Waals surface area contributed by atoms with Crippen LogP contribution in [0, 0.1) is 11.8 Å². The molecule has 2 rings (SSSR count). The van der Waals surface area contributed by atoms with E-state index in [2.05, 4.69) is 24.3 Å². The van der Waals surface area contributed by atoms with Crippen LogP contribution in [-0.4, -0.2) is 11.2 Å². The molecule has 12 heavy (non-hydrogen) atoms. The van der Waals surface area contributed by atoms with E-state index < -0.39 is 0 Å². The minimum absolute atomic E-state index is 0.0715. The van der Waals surface area contributed by atoms with E-state index in [4.69, 9.17) is 0 Å². The van der Waals surface area contributed by atoms with Gasteiger partial charge in [0.25, 0.3) is 0 Å². The van der Waals surface area contributed by atoms with E-state index in [9.17, 15) is 5.11 Å². The molecule has 1 heteroatoms. The lowest BCUT2D eigenvalue weighted by atomic mass is 10.1. The van der Waals surface area contributed by atoms with Crippen LogP contribution >= 0.6 is 0 Å². The molecule has 66 valence electrons. The number of hydrogen-bond donors (Lipinski definition) is 1. The van der Waals surface area contributed by atoms with Crippen molar-refractivity contribution in [3.8, 4) is 0 Å². The normalized spacial score (nSPS) is 45.9. The maximum Gasteiger partial charge on any atom is 0.0605 e. The van der Waals surface area contributed by atoms with Crippen molar-refractivity contribution in [1.29, 1.82) is 0 Å². The summed E-state index contributed by atoms with van der Waals surface area (Å²) >= 11 is 0. The summed E-state index contributed by atoms with van der Waals surface area (Å²) in [5, 5.41) is 9.67. The number of fused-ring (bicyclic) bond motifs is 1. The summed E-state index contributed by atoms with van der Waals surface area (Å²) in [6.45, 7) is 0. The van der Waals surface area contributed by atoms with Crippen molar-refractivity contribution in [3.63, 3.8) is 0 Å². The van der Waals surface area contributed by atoms with E-state index in [-0.39, 0.29) is 6.10 Å². The Bertz CT molecular complexity index is 205. The summed E-state index contributed by atoms with van der Waals surface area (Å²) in [5.74, 6) is 1.38. The Kier molecular flexibility index (Phi) is 2.31. The Hall–Kier alpha value is -0.560. The molecule has 2 aliphatic rings. The standard InChI is InChI=1S/C11H16O/c12-11-7-5-3-1-2-4-6-9-8-10(9)11/h2-5,9-12H,1,6-8H2/b4-2+,5-3-. The van der Waals surface area contributed by atoms with Crippen LogP contribution in [0.3, 0.4) is 0 Å². The van der Waals surface area contributed by atoms with E-state index in [0.717, 1.165) is 18.8 Å². The van der Waals surface area contributed by atoms with Crippen LogP contribution in [0.1, 0.15) is 25.7 Å². The molecule has 3 unspecified atom stereocenters. The lowest BCUT2D eigenvalue weighted by molar-refractivity contribution is 0.148. The first kappa shape index (κ1) is 8.06. The molecule has 0 aromatic rings. The molecule has 0 aromatic carbocycles. The van der Waals surface area contributed by atoms with E-state index in [1.54, 1.807) is 0 Å².